The van der Waals surface area contributed by atoms with Gasteiger partial charge in [-0.3, -0.25) is 19.8 Å². The van der Waals surface area contributed by atoms with Gasteiger partial charge in [0, 0.05) is 19.2 Å². The van der Waals surface area contributed by atoms with Gasteiger partial charge >= 0.3 is 0 Å². The molecule has 3 heterocycles. The third-order valence-corrected chi connectivity index (χ3v) is 5.77. The lowest BCUT2D eigenvalue weighted by Gasteiger charge is -2.05. The van der Waals surface area contributed by atoms with E-state index in [0.29, 0.717) is 32.3 Å². The van der Waals surface area contributed by atoms with E-state index in [1.54, 1.807) is 43.5 Å². The highest BCUT2D eigenvalue weighted by molar-refractivity contribution is 8.18. The topological polar surface area (TPSA) is 115 Å². The van der Waals surface area contributed by atoms with Gasteiger partial charge in [0.05, 0.1) is 15.4 Å². The van der Waals surface area contributed by atoms with Crippen LogP contribution in [0.1, 0.15) is 10.8 Å². The Bertz CT molecular complexity index is 1180. The van der Waals surface area contributed by atoms with Crippen molar-refractivity contribution in [3.05, 3.63) is 62.2 Å². The molecule has 1 aromatic carbocycles. The van der Waals surface area contributed by atoms with Crippen molar-refractivity contribution in [3.63, 3.8) is 0 Å². The molecule has 1 fully saturated rings. The number of aromatic nitrogens is 2. The van der Waals surface area contributed by atoms with E-state index in [0.717, 1.165) is 5.01 Å². The van der Waals surface area contributed by atoms with Crippen LogP contribution in [0.15, 0.2) is 50.7 Å². The molecule has 0 radical (unpaired) electrons. The normalized spacial score (nSPS) is 16.9. The van der Waals surface area contributed by atoms with Gasteiger partial charge in [0.25, 0.3) is 11.6 Å². The minimum absolute atomic E-state index is 0.0473. The van der Waals surface area contributed by atoms with Crippen LogP contribution in [-0.2, 0) is 4.79 Å². The number of amides is 1. The molecule has 146 valence electrons. The van der Waals surface area contributed by atoms with E-state index in [1.807, 2.05) is 6.92 Å². The largest absolute Gasteiger partial charge is 0.456 e. The number of nitro benzene ring substituents is 1. The van der Waals surface area contributed by atoms with E-state index in [1.165, 1.54) is 34.1 Å². The molecule has 1 aliphatic heterocycles. The van der Waals surface area contributed by atoms with Crippen molar-refractivity contribution >= 4 is 51.1 Å². The highest BCUT2D eigenvalue weighted by atomic mass is 32.2. The van der Waals surface area contributed by atoms with E-state index < -0.39 is 4.92 Å². The number of carbonyl (C=O) groups excluding carboxylic acids is 1. The molecule has 0 spiro atoms. The molecule has 0 bridgehead atoms. The Balaban J connectivity index is 1.62. The molecule has 0 aliphatic carbocycles. The molecule has 0 unspecified atom stereocenters. The van der Waals surface area contributed by atoms with Crippen molar-refractivity contribution in [2.75, 3.05) is 7.05 Å². The average molecular weight is 427 g/mol. The third-order valence-electron chi connectivity index (χ3n) is 3.98. The molecular formula is C18H13N5O4S2. The summed E-state index contributed by atoms with van der Waals surface area (Å²) in [6.07, 6.45) is 1.59. The van der Waals surface area contributed by atoms with Crippen LogP contribution in [-0.4, -0.2) is 38.1 Å². The van der Waals surface area contributed by atoms with Crippen LogP contribution in [0.3, 0.4) is 0 Å². The lowest BCUT2D eigenvalue weighted by atomic mass is 10.1. The summed E-state index contributed by atoms with van der Waals surface area (Å²) in [5, 5.41) is 20.8. The Morgan fingerprint density at radius 2 is 2.03 bits per heavy atom. The predicted octanol–water partition coefficient (Wildman–Crippen LogP) is 4.25. The van der Waals surface area contributed by atoms with Crippen LogP contribution < -0.4 is 0 Å². The van der Waals surface area contributed by atoms with E-state index in [4.69, 9.17) is 4.42 Å². The first-order valence-electron chi connectivity index (χ1n) is 8.32. The van der Waals surface area contributed by atoms with Crippen molar-refractivity contribution in [1.82, 2.24) is 15.1 Å². The highest BCUT2D eigenvalue weighted by Crippen LogP contribution is 2.35. The van der Waals surface area contributed by atoms with Crippen molar-refractivity contribution < 1.29 is 14.1 Å². The molecule has 1 saturated heterocycles. The molecular weight excluding hydrogens is 414 g/mol. The second-order valence-corrected chi connectivity index (χ2v) is 8.12. The smallest absolute Gasteiger partial charge is 0.280 e. The van der Waals surface area contributed by atoms with Gasteiger partial charge in [0.2, 0.25) is 5.13 Å². The number of aryl methyl sites for hydroxylation is 1. The number of para-hydroxylation sites is 1. The van der Waals surface area contributed by atoms with Crippen molar-refractivity contribution in [2.24, 2.45) is 4.99 Å². The number of aliphatic imine (C=N–C) groups is 1. The van der Waals surface area contributed by atoms with Gasteiger partial charge in [-0.2, -0.15) is 4.99 Å². The van der Waals surface area contributed by atoms with E-state index >= 15 is 0 Å². The van der Waals surface area contributed by atoms with Crippen LogP contribution in [0.25, 0.3) is 17.4 Å². The van der Waals surface area contributed by atoms with Crippen LogP contribution >= 0.6 is 23.1 Å². The number of furan rings is 1. The Hall–Kier alpha value is -3.31. The summed E-state index contributed by atoms with van der Waals surface area (Å²) < 4.78 is 5.74. The summed E-state index contributed by atoms with van der Waals surface area (Å²) in [5.74, 6) is 0.542. The highest BCUT2D eigenvalue weighted by Gasteiger charge is 2.31. The van der Waals surface area contributed by atoms with Crippen LogP contribution in [0.4, 0.5) is 10.8 Å². The number of likely N-dealkylation sites (N-methyl/N-ethyl adjacent to an activating group) is 1. The Morgan fingerprint density at radius 1 is 1.24 bits per heavy atom. The fraction of sp³-hybridized carbons (Fsp3) is 0.111. The Morgan fingerprint density at radius 3 is 2.76 bits per heavy atom. The molecule has 11 heteroatoms. The zero-order chi connectivity index (χ0) is 20.5. The molecule has 1 amide bonds. The van der Waals surface area contributed by atoms with Crippen molar-refractivity contribution in [3.8, 4) is 11.3 Å². The maximum Gasteiger partial charge on any atom is 0.280 e. The SMILES string of the molecule is Cc1nnc(/N=C2/S/C(=C/c3ccc(-c4ccccc4[N+](=O)[O-])o3)C(=O)N2C)s1. The Labute approximate surface area is 172 Å². The van der Waals surface area contributed by atoms with Gasteiger partial charge in [0.1, 0.15) is 16.5 Å². The van der Waals surface area contributed by atoms with Gasteiger partial charge < -0.3 is 4.42 Å². The van der Waals surface area contributed by atoms with Gasteiger partial charge in [0.15, 0.2) is 5.17 Å². The first kappa shape index (κ1) is 19.0. The second kappa shape index (κ2) is 7.60. The average Bonchev–Trinajstić information content (AvgIpc) is 3.40. The lowest BCUT2D eigenvalue weighted by Crippen LogP contribution is -2.23. The number of hydrogen-bond acceptors (Lipinski definition) is 9. The van der Waals surface area contributed by atoms with Crippen LogP contribution in [0, 0.1) is 17.0 Å². The number of benzene rings is 1. The van der Waals surface area contributed by atoms with Crippen LogP contribution in [0.5, 0.6) is 0 Å². The van der Waals surface area contributed by atoms with Gasteiger partial charge in [-0.15, -0.1) is 10.2 Å². The second-order valence-electron chi connectivity index (χ2n) is 5.95. The fourth-order valence-corrected chi connectivity index (χ4v) is 4.18. The van der Waals surface area contributed by atoms with E-state index in [-0.39, 0.29) is 11.6 Å². The summed E-state index contributed by atoms with van der Waals surface area (Å²) in [4.78, 5) is 29.5. The zero-order valence-electron chi connectivity index (χ0n) is 15.2. The summed E-state index contributed by atoms with van der Waals surface area (Å²) in [5.41, 5.74) is 0.326. The quantitative estimate of drug-likeness (QED) is 0.347. The van der Waals surface area contributed by atoms with Gasteiger partial charge in [-0.25, -0.2) is 0 Å². The number of nitrogens with zero attached hydrogens (tertiary/aromatic N) is 5. The number of nitro groups is 1. The molecule has 9 nitrogen and oxygen atoms in total. The molecule has 0 saturated carbocycles. The van der Waals surface area contributed by atoms with E-state index in [2.05, 4.69) is 15.2 Å². The first-order chi connectivity index (χ1) is 13.9. The van der Waals surface area contributed by atoms with Crippen LogP contribution in [0.2, 0.25) is 0 Å². The monoisotopic (exact) mass is 427 g/mol. The summed E-state index contributed by atoms with van der Waals surface area (Å²) in [6.45, 7) is 1.83. The molecule has 3 aromatic rings. The summed E-state index contributed by atoms with van der Waals surface area (Å²) in [7, 11) is 1.63. The number of amidine groups is 1. The molecule has 4 rings (SSSR count). The zero-order valence-corrected chi connectivity index (χ0v) is 16.9. The minimum Gasteiger partial charge on any atom is -0.456 e. The number of rotatable bonds is 4. The molecule has 1 aliphatic rings. The predicted molar refractivity (Wildman–Crippen MR) is 111 cm³/mol. The molecule has 0 N–H and O–H groups in total. The molecule has 29 heavy (non-hydrogen) atoms. The third kappa shape index (κ3) is 3.82. The van der Waals surface area contributed by atoms with Crippen molar-refractivity contribution in [2.45, 2.75) is 6.92 Å². The van der Waals surface area contributed by atoms with Crippen molar-refractivity contribution in [1.29, 1.82) is 0 Å². The molecule has 0 atom stereocenters. The maximum atomic E-state index is 12.5. The maximum absolute atomic E-state index is 12.5. The minimum atomic E-state index is -0.459. The summed E-state index contributed by atoms with van der Waals surface area (Å²) >= 11 is 2.53. The molecule has 2 aromatic heterocycles. The number of hydrogen-bond donors (Lipinski definition) is 0. The standard InChI is InChI=1S/C18H13N5O4S2/c1-10-20-21-17(28-10)19-18-22(2)16(24)15(29-18)9-11-7-8-14(27-11)12-5-3-4-6-13(12)23(25)26/h3-9H,1-2H3/b15-9+,19-18+. The summed E-state index contributed by atoms with van der Waals surface area (Å²) in [6, 6.07) is 9.63. The van der Waals surface area contributed by atoms with Gasteiger partial charge in [-0.05, 0) is 36.9 Å². The number of carbonyl (C=O) groups is 1. The Kier molecular flexibility index (Phi) is 4.99. The number of thioether (sulfide) groups is 1. The first-order valence-corrected chi connectivity index (χ1v) is 9.95. The lowest BCUT2D eigenvalue weighted by molar-refractivity contribution is -0.384. The van der Waals surface area contributed by atoms with E-state index in [9.17, 15) is 14.9 Å². The fourth-order valence-electron chi connectivity index (χ4n) is 2.61. The van der Waals surface area contributed by atoms with Gasteiger partial charge in [-0.1, -0.05) is 23.5 Å².